The average molecular weight is 440 g/mol. The Kier molecular flexibility index (Phi) is 6.94. The minimum Gasteiger partial charge on any atom is -0.467 e. The number of sulfonamides is 1. The highest BCUT2D eigenvalue weighted by molar-refractivity contribution is 7.89. The van der Waals surface area contributed by atoms with Gasteiger partial charge in [0.2, 0.25) is 21.8 Å². The van der Waals surface area contributed by atoms with Gasteiger partial charge < -0.3 is 15.1 Å². The molecule has 2 amide bonds. The molecule has 0 radical (unpaired) electrons. The zero-order valence-electron chi connectivity index (χ0n) is 15.6. The Morgan fingerprint density at radius 1 is 1.17 bits per heavy atom. The minimum atomic E-state index is -3.71. The first-order valence-electron chi connectivity index (χ1n) is 9.19. The molecule has 1 fully saturated rings. The Labute approximate surface area is 174 Å². The monoisotopic (exact) mass is 439 g/mol. The largest absolute Gasteiger partial charge is 0.467 e. The number of rotatable bonds is 7. The third-order valence-electron chi connectivity index (χ3n) is 4.67. The van der Waals surface area contributed by atoms with E-state index in [1.807, 2.05) is 0 Å². The SMILES string of the molecule is O=C(CNC(=O)C1CCCN(S(=O)(=O)c2ccc(Cl)cc2)C1)NCc1ccco1. The van der Waals surface area contributed by atoms with Gasteiger partial charge in [-0.05, 0) is 49.2 Å². The van der Waals surface area contributed by atoms with Crippen LogP contribution in [0.3, 0.4) is 0 Å². The minimum absolute atomic E-state index is 0.0742. The quantitative estimate of drug-likeness (QED) is 0.683. The van der Waals surface area contributed by atoms with Gasteiger partial charge in [-0.2, -0.15) is 4.31 Å². The number of carbonyl (C=O) groups excluding carboxylic acids is 2. The van der Waals surface area contributed by atoms with Crippen molar-refractivity contribution in [3.63, 3.8) is 0 Å². The number of hydrogen-bond acceptors (Lipinski definition) is 5. The molecule has 1 aliphatic heterocycles. The van der Waals surface area contributed by atoms with Crippen LogP contribution in [0.15, 0.2) is 52.0 Å². The standard InChI is InChI=1S/C19H22ClN3O5S/c20-15-5-7-17(8-6-15)29(26,27)23-9-1-3-14(13-23)19(25)22-12-18(24)21-11-16-4-2-10-28-16/h2,4-8,10,14H,1,3,9,11-13H2,(H,21,24)(H,22,25). The molecule has 1 unspecified atom stereocenters. The van der Waals surface area contributed by atoms with Crippen LogP contribution in [0.25, 0.3) is 0 Å². The number of nitrogens with one attached hydrogen (secondary N) is 2. The van der Waals surface area contributed by atoms with Crippen molar-refractivity contribution in [1.82, 2.24) is 14.9 Å². The zero-order valence-corrected chi connectivity index (χ0v) is 17.2. The van der Waals surface area contributed by atoms with Crippen molar-refractivity contribution in [3.05, 3.63) is 53.4 Å². The number of halogens is 1. The number of nitrogens with zero attached hydrogens (tertiary/aromatic N) is 1. The van der Waals surface area contributed by atoms with E-state index >= 15 is 0 Å². The lowest BCUT2D eigenvalue weighted by molar-refractivity contribution is -0.129. The normalized spacial score (nSPS) is 17.6. The van der Waals surface area contributed by atoms with Gasteiger partial charge in [0.05, 0.1) is 30.2 Å². The molecule has 0 aliphatic carbocycles. The van der Waals surface area contributed by atoms with Crippen molar-refractivity contribution >= 4 is 33.4 Å². The Balaban J connectivity index is 1.52. The molecule has 156 valence electrons. The second-order valence-corrected chi connectivity index (χ2v) is 9.10. The number of benzene rings is 1. The molecular weight excluding hydrogens is 418 g/mol. The smallest absolute Gasteiger partial charge is 0.243 e. The molecule has 2 heterocycles. The van der Waals surface area contributed by atoms with E-state index in [9.17, 15) is 18.0 Å². The molecule has 0 spiro atoms. The fourth-order valence-electron chi connectivity index (χ4n) is 3.10. The van der Waals surface area contributed by atoms with E-state index in [4.69, 9.17) is 16.0 Å². The summed E-state index contributed by atoms with van der Waals surface area (Å²) in [5.74, 6) is -0.589. The maximum absolute atomic E-state index is 12.8. The Morgan fingerprint density at radius 3 is 2.62 bits per heavy atom. The first-order valence-corrected chi connectivity index (χ1v) is 11.0. The second-order valence-electron chi connectivity index (χ2n) is 6.73. The summed E-state index contributed by atoms with van der Waals surface area (Å²) in [6, 6.07) is 9.38. The summed E-state index contributed by atoms with van der Waals surface area (Å²) in [5.41, 5.74) is 0. The molecular formula is C19H22ClN3O5S. The molecule has 1 saturated heterocycles. The van der Waals surface area contributed by atoms with E-state index in [0.29, 0.717) is 30.2 Å². The Morgan fingerprint density at radius 2 is 1.93 bits per heavy atom. The number of amides is 2. The predicted molar refractivity (Wildman–Crippen MR) is 106 cm³/mol. The molecule has 2 aromatic rings. The van der Waals surface area contributed by atoms with Gasteiger partial charge in [0.15, 0.2) is 0 Å². The molecule has 1 aliphatic rings. The molecule has 3 rings (SSSR count). The lowest BCUT2D eigenvalue weighted by Gasteiger charge is -2.31. The number of piperidine rings is 1. The topological polar surface area (TPSA) is 109 Å². The van der Waals surface area contributed by atoms with Gasteiger partial charge in [-0.25, -0.2) is 8.42 Å². The van der Waals surface area contributed by atoms with Crippen LogP contribution in [0.4, 0.5) is 0 Å². The highest BCUT2D eigenvalue weighted by Crippen LogP contribution is 2.24. The maximum atomic E-state index is 12.8. The van der Waals surface area contributed by atoms with Crippen molar-refractivity contribution in [2.45, 2.75) is 24.3 Å². The van der Waals surface area contributed by atoms with Crippen molar-refractivity contribution < 1.29 is 22.4 Å². The highest BCUT2D eigenvalue weighted by atomic mass is 35.5. The molecule has 1 atom stereocenters. The third kappa shape index (κ3) is 5.59. The maximum Gasteiger partial charge on any atom is 0.243 e. The average Bonchev–Trinajstić information content (AvgIpc) is 3.24. The third-order valence-corrected chi connectivity index (χ3v) is 6.80. The molecule has 8 nitrogen and oxygen atoms in total. The summed E-state index contributed by atoms with van der Waals surface area (Å²) in [6.45, 7) is 0.474. The molecule has 10 heteroatoms. The molecule has 1 aromatic heterocycles. The summed E-state index contributed by atoms with van der Waals surface area (Å²) in [6.07, 6.45) is 2.64. The molecule has 2 N–H and O–H groups in total. The molecule has 29 heavy (non-hydrogen) atoms. The van der Waals surface area contributed by atoms with Crippen LogP contribution in [0.1, 0.15) is 18.6 Å². The van der Waals surface area contributed by atoms with Crippen LogP contribution in [-0.4, -0.2) is 44.2 Å². The summed E-state index contributed by atoms with van der Waals surface area (Å²) in [5, 5.41) is 5.67. The van der Waals surface area contributed by atoms with Gasteiger partial charge >= 0.3 is 0 Å². The van der Waals surface area contributed by atoms with Crippen LogP contribution in [0.5, 0.6) is 0 Å². The zero-order chi connectivity index (χ0) is 20.9. The van der Waals surface area contributed by atoms with E-state index in [0.717, 1.165) is 0 Å². The van der Waals surface area contributed by atoms with Gasteiger partial charge in [-0.1, -0.05) is 11.6 Å². The van der Waals surface area contributed by atoms with Gasteiger partial charge in [0, 0.05) is 18.1 Å². The van der Waals surface area contributed by atoms with Crippen molar-refractivity contribution in [2.24, 2.45) is 5.92 Å². The molecule has 1 aromatic carbocycles. The van der Waals surface area contributed by atoms with Crippen LogP contribution in [0.2, 0.25) is 5.02 Å². The molecule has 0 saturated carbocycles. The number of hydrogen-bond donors (Lipinski definition) is 2. The van der Waals surface area contributed by atoms with Crippen LogP contribution < -0.4 is 10.6 Å². The van der Waals surface area contributed by atoms with Crippen LogP contribution >= 0.6 is 11.6 Å². The van der Waals surface area contributed by atoms with Crippen molar-refractivity contribution in [3.8, 4) is 0 Å². The van der Waals surface area contributed by atoms with Crippen molar-refractivity contribution in [2.75, 3.05) is 19.6 Å². The fraction of sp³-hybridized carbons (Fsp3) is 0.368. The highest BCUT2D eigenvalue weighted by Gasteiger charge is 2.33. The molecule has 0 bridgehead atoms. The lowest BCUT2D eigenvalue weighted by atomic mass is 9.99. The van der Waals surface area contributed by atoms with E-state index in [-0.39, 0.29) is 36.3 Å². The Bertz CT molecular complexity index is 945. The predicted octanol–water partition coefficient (Wildman–Crippen LogP) is 1.77. The number of carbonyl (C=O) groups is 2. The second kappa shape index (κ2) is 9.43. The summed E-state index contributed by atoms with van der Waals surface area (Å²) < 4.78 is 32.0. The first kappa shape index (κ1) is 21.4. The van der Waals surface area contributed by atoms with Crippen molar-refractivity contribution in [1.29, 1.82) is 0 Å². The van der Waals surface area contributed by atoms with Gasteiger partial charge in [-0.15, -0.1) is 0 Å². The van der Waals surface area contributed by atoms with Gasteiger partial charge in [0.1, 0.15) is 5.76 Å². The summed E-state index contributed by atoms with van der Waals surface area (Å²) >= 11 is 5.82. The van der Waals surface area contributed by atoms with E-state index < -0.39 is 15.9 Å². The lowest BCUT2D eigenvalue weighted by Crippen LogP contribution is -2.47. The number of furan rings is 1. The Hall–Kier alpha value is -2.36. The van der Waals surface area contributed by atoms with Crippen LogP contribution in [-0.2, 0) is 26.2 Å². The van der Waals surface area contributed by atoms with Gasteiger partial charge in [0.25, 0.3) is 0 Å². The van der Waals surface area contributed by atoms with E-state index in [1.54, 1.807) is 12.1 Å². The van der Waals surface area contributed by atoms with E-state index in [1.165, 1.54) is 34.8 Å². The van der Waals surface area contributed by atoms with Gasteiger partial charge in [-0.3, -0.25) is 9.59 Å². The summed E-state index contributed by atoms with van der Waals surface area (Å²) in [4.78, 5) is 24.5. The van der Waals surface area contributed by atoms with Crippen LogP contribution in [0, 0.1) is 5.92 Å². The fourth-order valence-corrected chi connectivity index (χ4v) is 4.75. The first-order chi connectivity index (χ1) is 13.9. The van der Waals surface area contributed by atoms with E-state index in [2.05, 4.69) is 10.6 Å². The summed E-state index contributed by atoms with van der Waals surface area (Å²) in [7, 11) is -3.71.